The number of rotatable bonds is 5. The third kappa shape index (κ3) is 3.53. The van der Waals surface area contributed by atoms with Crippen LogP contribution in [0.25, 0.3) is 0 Å². The van der Waals surface area contributed by atoms with Crippen molar-refractivity contribution in [1.29, 1.82) is 0 Å². The number of nitrogens with zero attached hydrogens (tertiary/aromatic N) is 1. The van der Waals surface area contributed by atoms with Crippen LogP contribution < -0.4 is 4.74 Å². The molecule has 0 spiro atoms. The zero-order valence-electron chi connectivity index (χ0n) is 9.84. The van der Waals surface area contributed by atoms with Crippen LogP contribution in [0.3, 0.4) is 0 Å². The minimum atomic E-state index is -0.245. The number of pyridine rings is 1. The molecule has 0 saturated carbocycles. The van der Waals surface area contributed by atoms with Crippen molar-refractivity contribution < 1.29 is 14.3 Å². The Bertz CT molecular complexity index is 324. The molecule has 0 saturated heterocycles. The van der Waals surface area contributed by atoms with Crippen LogP contribution in [-0.4, -0.2) is 24.7 Å². The molecule has 1 aromatic rings. The average molecular weight is 223 g/mol. The second kappa shape index (κ2) is 6.10. The largest absolute Gasteiger partial charge is 0.491 e. The van der Waals surface area contributed by atoms with Crippen LogP contribution in [-0.2, 0) is 9.53 Å². The van der Waals surface area contributed by atoms with Crippen molar-refractivity contribution in [3.05, 3.63) is 24.5 Å². The summed E-state index contributed by atoms with van der Waals surface area (Å²) in [5.41, 5.74) is 0. The van der Waals surface area contributed by atoms with Crippen molar-refractivity contribution >= 4 is 5.97 Å². The predicted octanol–water partition coefficient (Wildman–Crippen LogP) is 1.91. The molecule has 4 nitrogen and oxygen atoms in total. The maximum Gasteiger partial charge on any atom is 0.312 e. The molecule has 1 aromatic heterocycles. The van der Waals surface area contributed by atoms with Gasteiger partial charge < -0.3 is 9.47 Å². The van der Waals surface area contributed by atoms with Gasteiger partial charge >= 0.3 is 5.97 Å². The van der Waals surface area contributed by atoms with Gasteiger partial charge in [-0.25, -0.2) is 0 Å². The summed E-state index contributed by atoms with van der Waals surface area (Å²) in [5.74, 6) is 0.366. The number of hydrogen-bond acceptors (Lipinski definition) is 4. The van der Waals surface area contributed by atoms with E-state index in [0.29, 0.717) is 12.4 Å². The van der Waals surface area contributed by atoms with Gasteiger partial charge in [0.2, 0.25) is 0 Å². The number of methoxy groups -OCH3 is 1. The van der Waals surface area contributed by atoms with E-state index in [1.807, 2.05) is 19.9 Å². The molecule has 1 atom stereocenters. The van der Waals surface area contributed by atoms with E-state index < -0.39 is 0 Å². The van der Waals surface area contributed by atoms with Gasteiger partial charge in [-0.05, 0) is 18.1 Å². The number of hydrogen-bond donors (Lipinski definition) is 0. The monoisotopic (exact) mass is 223 g/mol. The zero-order valence-corrected chi connectivity index (χ0v) is 9.84. The summed E-state index contributed by atoms with van der Waals surface area (Å²) < 4.78 is 10.2. The highest BCUT2D eigenvalue weighted by molar-refractivity contribution is 5.72. The van der Waals surface area contributed by atoms with Crippen molar-refractivity contribution in [2.45, 2.75) is 13.8 Å². The van der Waals surface area contributed by atoms with Gasteiger partial charge in [-0.1, -0.05) is 13.8 Å². The Morgan fingerprint density at radius 2 is 2.25 bits per heavy atom. The Morgan fingerprint density at radius 3 is 2.75 bits per heavy atom. The second-order valence-corrected chi connectivity index (χ2v) is 3.87. The Kier molecular flexibility index (Phi) is 4.76. The van der Waals surface area contributed by atoms with Crippen LogP contribution in [0.15, 0.2) is 24.5 Å². The second-order valence-electron chi connectivity index (χ2n) is 3.87. The Labute approximate surface area is 95.6 Å². The van der Waals surface area contributed by atoms with E-state index in [-0.39, 0.29) is 17.8 Å². The maximum atomic E-state index is 11.5. The van der Waals surface area contributed by atoms with Crippen LogP contribution in [0.1, 0.15) is 13.8 Å². The highest BCUT2D eigenvalue weighted by atomic mass is 16.5. The van der Waals surface area contributed by atoms with Gasteiger partial charge in [-0.15, -0.1) is 0 Å². The summed E-state index contributed by atoms with van der Waals surface area (Å²) in [6.45, 7) is 4.25. The Balaban J connectivity index is 2.54. The third-order valence-electron chi connectivity index (χ3n) is 2.37. The molecule has 4 heteroatoms. The molecule has 0 aliphatic rings. The third-order valence-corrected chi connectivity index (χ3v) is 2.37. The quantitative estimate of drug-likeness (QED) is 0.715. The van der Waals surface area contributed by atoms with Gasteiger partial charge in [0, 0.05) is 6.20 Å². The number of esters is 1. The summed E-state index contributed by atoms with van der Waals surface area (Å²) in [4.78, 5) is 15.4. The Morgan fingerprint density at radius 1 is 1.50 bits per heavy atom. The summed E-state index contributed by atoms with van der Waals surface area (Å²) in [6.07, 6.45) is 3.29. The first-order valence-electron chi connectivity index (χ1n) is 5.25. The van der Waals surface area contributed by atoms with Crippen molar-refractivity contribution in [3.8, 4) is 5.75 Å². The minimum absolute atomic E-state index is 0.184. The SMILES string of the molecule is COC(=O)C(COc1cccnc1)C(C)C. The molecule has 1 heterocycles. The van der Waals surface area contributed by atoms with Crippen molar-refractivity contribution in [2.24, 2.45) is 11.8 Å². The molecule has 88 valence electrons. The molecule has 0 aliphatic heterocycles. The average Bonchev–Trinajstić information content (AvgIpc) is 2.30. The number of ether oxygens (including phenoxy) is 2. The first kappa shape index (κ1) is 12.5. The lowest BCUT2D eigenvalue weighted by molar-refractivity contribution is -0.148. The summed E-state index contributed by atoms with van der Waals surface area (Å²) >= 11 is 0. The maximum absolute atomic E-state index is 11.5. The van der Waals surface area contributed by atoms with Gasteiger partial charge in [0.25, 0.3) is 0 Å². The van der Waals surface area contributed by atoms with Crippen LogP contribution in [0, 0.1) is 11.8 Å². The van der Waals surface area contributed by atoms with E-state index in [4.69, 9.17) is 9.47 Å². The number of carbonyl (C=O) groups is 1. The lowest BCUT2D eigenvalue weighted by atomic mass is 9.97. The molecule has 0 radical (unpaired) electrons. The molecular formula is C12H17NO3. The van der Waals surface area contributed by atoms with Crippen molar-refractivity contribution in [1.82, 2.24) is 4.98 Å². The van der Waals surface area contributed by atoms with E-state index in [1.54, 1.807) is 18.5 Å². The van der Waals surface area contributed by atoms with Crippen LogP contribution in [0.4, 0.5) is 0 Å². The highest BCUT2D eigenvalue weighted by Gasteiger charge is 2.23. The highest BCUT2D eigenvalue weighted by Crippen LogP contribution is 2.15. The molecule has 0 aliphatic carbocycles. The molecule has 0 N–H and O–H groups in total. The van der Waals surface area contributed by atoms with Crippen molar-refractivity contribution in [3.63, 3.8) is 0 Å². The number of aromatic nitrogens is 1. The van der Waals surface area contributed by atoms with Gasteiger partial charge in [0.05, 0.1) is 19.2 Å². The number of carbonyl (C=O) groups excluding carboxylic acids is 1. The van der Waals surface area contributed by atoms with Gasteiger partial charge in [0.15, 0.2) is 0 Å². The van der Waals surface area contributed by atoms with E-state index in [0.717, 1.165) is 0 Å². The lowest BCUT2D eigenvalue weighted by Crippen LogP contribution is -2.27. The zero-order chi connectivity index (χ0) is 12.0. The van der Waals surface area contributed by atoms with Crippen LogP contribution in [0.5, 0.6) is 5.75 Å². The van der Waals surface area contributed by atoms with Crippen molar-refractivity contribution in [2.75, 3.05) is 13.7 Å². The van der Waals surface area contributed by atoms with E-state index in [9.17, 15) is 4.79 Å². The lowest BCUT2D eigenvalue weighted by Gasteiger charge is -2.18. The standard InChI is InChI=1S/C12H17NO3/c1-9(2)11(12(14)15-3)8-16-10-5-4-6-13-7-10/h4-7,9,11H,8H2,1-3H3. The summed E-state index contributed by atoms with van der Waals surface area (Å²) in [6, 6.07) is 3.60. The molecule has 0 amide bonds. The molecule has 1 unspecified atom stereocenters. The predicted molar refractivity (Wildman–Crippen MR) is 60.1 cm³/mol. The minimum Gasteiger partial charge on any atom is -0.491 e. The molecule has 1 rings (SSSR count). The summed E-state index contributed by atoms with van der Waals surface area (Å²) in [7, 11) is 1.39. The fourth-order valence-electron chi connectivity index (χ4n) is 1.30. The molecule has 16 heavy (non-hydrogen) atoms. The first-order valence-corrected chi connectivity index (χ1v) is 5.25. The van der Waals surface area contributed by atoms with Crippen LogP contribution >= 0.6 is 0 Å². The van der Waals surface area contributed by atoms with E-state index in [2.05, 4.69) is 4.98 Å². The van der Waals surface area contributed by atoms with E-state index >= 15 is 0 Å². The fraction of sp³-hybridized carbons (Fsp3) is 0.500. The van der Waals surface area contributed by atoms with E-state index in [1.165, 1.54) is 7.11 Å². The van der Waals surface area contributed by atoms with Gasteiger partial charge in [0.1, 0.15) is 12.4 Å². The van der Waals surface area contributed by atoms with Crippen LogP contribution in [0.2, 0.25) is 0 Å². The van der Waals surface area contributed by atoms with Gasteiger partial charge in [-0.2, -0.15) is 0 Å². The first-order chi connectivity index (χ1) is 7.65. The molecule has 0 fully saturated rings. The molecule has 0 aromatic carbocycles. The topological polar surface area (TPSA) is 48.4 Å². The summed E-state index contributed by atoms with van der Waals surface area (Å²) in [5, 5.41) is 0. The fourth-order valence-corrected chi connectivity index (χ4v) is 1.30. The Hall–Kier alpha value is -1.58. The van der Waals surface area contributed by atoms with Gasteiger partial charge in [-0.3, -0.25) is 9.78 Å². The normalized spacial score (nSPS) is 12.2. The smallest absolute Gasteiger partial charge is 0.312 e. The molecular weight excluding hydrogens is 206 g/mol. The molecule has 0 bridgehead atoms.